The van der Waals surface area contributed by atoms with Crippen LogP contribution in [0.15, 0.2) is 73.1 Å². The minimum atomic E-state index is -0.330. The number of anilines is 1. The second kappa shape index (κ2) is 9.08. The predicted octanol–water partition coefficient (Wildman–Crippen LogP) is 3.66. The van der Waals surface area contributed by atoms with Crippen LogP contribution >= 0.6 is 0 Å². The lowest BCUT2D eigenvalue weighted by Gasteiger charge is -2.10. The van der Waals surface area contributed by atoms with Gasteiger partial charge in [-0.3, -0.25) is 9.78 Å². The third-order valence-electron chi connectivity index (χ3n) is 4.67. The minimum absolute atomic E-state index is 0.317. The fourth-order valence-electron chi connectivity index (χ4n) is 3.09. The molecule has 2 aromatic heterocycles. The lowest BCUT2D eigenvalue weighted by Crippen LogP contribution is -2.17. The van der Waals surface area contributed by atoms with E-state index in [2.05, 4.69) is 20.4 Å². The molecule has 8 nitrogen and oxygen atoms in total. The van der Waals surface area contributed by atoms with Crippen LogP contribution in [0.2, 0.25) is 0 Å². The number of ether oxygens (including phenoxy) is 2. The lowest BCUT2D eigenvalue weighted by atomic mass is 10.2. The van der Waals surface area contributed by atoms with E-state index in [4.69, 9.17) is 9.47 Å². The quantitative estimate of drug-likeness (QED) is 0.492. The van der Waals surface area contributed by atoms with Gasteiger partial charge in [0.1, 0.15) is 11.5 Å². The van der Waals surface area contributed by atoms with E-state index in [0.29, 0.717) is 35.2 Å². The van der Waals surface area contributed by atoms with E-state index in [9.17, 15) is 4.79 Å². The van der Waals surface area contributed by atoms with Gasteiger partial charge in [0.15, 0.2) is 5.82 Å². The number of carbonyl (C=O) groups is 1. The van der Waals surface area contributed by atoms with Gasteiger partial charge in [0.2, 0.25) is 5.95 Å². The zero-order valence-corrected chi connectivity index (χ0v) is 17.1. The Kier molecular flexibility index (Phi) is 5.89. The number of para-hydroxylation sites is 1. The van der Waals surface area contributed by atoms with Gasteiger partial charge in [-0.1, -0.05) is 24.3 Å². The first-order valence-electron chi connectivity index (χ1n) is 9.61. The first-order chi connectivity index (χ1) is 15.2. The van der Waals surface area contributed by atoms with Crippen molar-refractivity contribution in [3.63, 3.8) is 0 Å². The third kappa shape index (κ3) is 4.37. The Balaban J connectivity index is 1.70. The number of pyridine rings is 1. The molecule has 0 amide bonds. The van der Waals surface area contributed by atoms with Gasteiger partial charge in [0, 0.05) is 35.6 Å². The van der Waals surface area contributed by atoms with Gasteiger partial charge in [-0.05, 0) is 36.4 Å². The molecule has 156 valence electrons. The summed E-state index contributed by atoms with van der Waals surface area (Å²) in [6.45, 7) is 0.403. The molecule has 4 rings (SSSR count). The van der Waals surface area contributed by atoms with Crippen molar-refractivity contribution < 1.29 is 14.3 Å². The number of hydrogen-bond acceptors (Lipinski definition) is 7. The molecule has 1 N–H and O–H groups in total. The van der Waals surface area contributed by atoms with E-state index < -0.39 is 0 Å². The summed E-state index contributed by atoms with van der Waals surface area (Å²) in [5.41, 5.74) is 2.07. The summed E-state index contributed by atoms with van der Waals surface area (Å²) < 4.78 is 11.9. The van der Waals surface area contributed by atoms with Crippen molar-refractivity contribution in [3.8, 4) is 22.9 Å². The molecule has 0 unspecified atom stereocenters. The summed E-state index contributed by atoms with van der Waals surface area (Å²) in [6, 6.07) is 18.2. The summed E-state index contributed by atoms with van der Waals surface area (Å²) in [6.07, 6.45) is 3.32. The Morgan fingerprint density at radius 1 is 1.03 bits per heavy atom. The number of rotatable bonds is 7. The van der Waals surface area contributed by atoms with Crippen LogP contribution in [0.25, 0.3) is 11.4 Å². The molecule has 0 aliphatic carbocycles. The molecule has 0 aliphatic heterocycles. The highest BCUT2D eigenvalue weighted by molar-refractivity contribution is 5.97. The van der Waals surface area contributed by atoms with E-state index in [1.54, 1.807) is 56.9 Å². The molecule has 4 aromatic rings. The van der Waals surface area contributed by atoms with Gasteiger partial charge < -0.3 is 14.8 Å². The number of methoxy groups -OCH3 is 2. The highest BCUT2D eigenvalue weighted by atomic mass is 16.5. The van der Waals surface area contributed by atoms with Crippen LogP contribution in [0.5, 0.6) is 11.5 Å². The lowest BCUT2D eigenvalue weighted by molar-refractivity contribution is 0.0947. The van der Waals surface area contributed by atoms with Gasteiger partial charge in [-0.15, -0.1) is 5.10 Å². The van der Waals surface area contributed by atoms with Gasteiger partial charge in [0.25, 0.3) is 5.91 Å². The van der Waals surface area contributed by atoms with Gasteiger partial charge in [-0.25, -0.2) is 0 Å². The molecule has 2 aromatic carbocycles. The SMILES string of the molecule is COc1cccc(C(=O)n2nc(-c3cccnc3)nc2NCc2ccccc2OC)c1. The molecule has 0 bridgehead atoms. The van der Waals surface area contributed by atoms with Crippen molar-refractivity contribution in [2.45, 2.75) is 6.54 Å². The van der Waals surface area contributed by atoms with Crippen LogP contribution in [-0.4, -0.2) is 39.9 Å². The van der Waals surface area contributed by atoms with Crippen LogP contribution in [0.3, 0.4) is 0 Å². The number of nitrogens with one attached hydrogen (secondary N) is 1. The van der Waals surface area contributed by atoms with Crippen molar-refractivity contribution in [1.82, 2.24) is 19.7 Å². The molecule has 0 fully saturated rings. The predicted molar refractivity (Wildman–Crippen MR) is 116 cm³/mol. The maximum absolute atomic E-state index is 13.2. The number of carbonyl (C=O) groups excluding carboxylic acids is 1. The van der Waals surface area contributed by atoms with Crippen LogP contribution in [0, 0.1) is 0 Å². The molecule has 0 saturated carbocycles. The molecular formula is C23H21N5O3. The summed E-state index contributed by atoms with van der Waals surface area (Å²) in [7, 11) is 3.17. The molecule has 0 saturated heterocycles. The van der Waals surface area contributed by atoms with Crippen LogP contribution < -0.4 is 14.8 Å². The van der Waals surface area contributed by atoms with Crippen LogP contribution in [0.4, 0.5) is 5.95 Å². The molecule has 0 spiro atoms. The average molecular weight is 415 g/mol. The highest BCUT2D eigenvalue weighted by Crippen LogP contribution is 2.22. The Hall–Kier alpha value is -4.20. The highest BCUT2D eigenvalue weighted by Gasteiger charge is 2.19. The van der Waals surface area contributed by atoms with Crippen molar-refractivity contribution in [2.75, 3.05) is 19.5 Å². The van der Waals surface area contributed by atoms with E-state index in [-0.39, 0.29) is 5.91 Å². The minimum Gasteiger partial charge on any atom is -0.497 e. The second-order valence-electron chi connectivity index (χ2n) is 6.62. The first kappa shape index (κ1) is 20.1. The van der Waals surface area contributed by atoms with E-state index in [0.717, 1.165) is 11.3 Å². The van der Waals surface area contributed by atoms with E-state index in [1.165, 1.54) is 4.68 Å². The Labute approximate surface area is 179 Å². The van der Waals surface area contributed by atoms with E-state index in [1.807, 2.05) is 30.3 Å². The van der Waals surface area contributed by atoms with Crippen molar-refractivity contribution >= 4 is 11.9 Å². The Morgan fingerprint density at radius 2 is 1.90 bits per heavy atom. The number of nitrogens with zero attached hydrogens (tertiary/aromatic N) is 4. The largest absolute Gasteiger partial charge is 0.497 e. The van der Waals surface area contributed by atoms with Gasteiger partial charge in [-0.2, -0.15) is 9.67 Å². The molecular weight excluding hydrogens is 394 g/mol. The van der Waals surface area contributed by atoms with Crippen LogP contribution in [0.1, 0.15) is 15.9 Å². The first-order valence-corrected chi connectivity index (χ1v) is 9.61. The number of aromatic nitrogens is 4. The summed E-state index contributed by atoms with van der Waals surface area (Å²) >= 11 is 0. The fourth-order valence-corrected chi connectivity index (χ4v) is 3.09. The molecule has 31 heavy (non-hydrogen) atoms. The zero-order chi connectivity index (χ0) is 21.6. The Bertz CT molecular complexity index is 1190. The Morgan fingerprint density at radius 3 is 2.68 bits per heavy atom. The molecule has 0 radical (unpaired) electrons. The molecule has 0 aliphatic rings. The number of hydrogen-bond donors (Lipinski definition) is 1. The number of benzene rings is 2. The average Bonchev–Trinajstić information content (AvgIpc) is 3.27. The van der Waals surface area contributed by atoms with Crippen molar-refractivity contribution in [1.29, 1.82) is 0 Å². The van der Waals surface area contributed by atoms with Crippen molar-refractivity contribution in [3.05, 3.63) is 84.2 Å². The third-order valence-corrected chi connectivity index (χ3v) is 4.67. The van der Waals surface area contributed by atoms with Crippen LogP contribution in [-0.2, 0) is 6.54 Å². The second-order valence-corrected chi connectivity index (χ2v) is 6.62. The molecule has 8 heteroatoms. The standard InChI is InChI=1S/C23H21N5O3/c1-30-19-10-5-8-16(13-19)22(29)28-23(25-15-17-7-3-4-11-20(17)31-2)26-21(27-28)18-9-6-12-24-14-18/h3-14H,15H2,1-2H3,(H,25,26,27). The maximum Gasteiger partial charge on any atom is 0.281 e. The maximum atomic E-state index is 13.2. The molecule has 2 heterocycles. The smallest absolute Gasteiger partial charge is 0.281 e. The zero-order valence-electron chi connectivity index (χ0n) is 17.1. The summed E-state index contributed by atoms with van der Waals surface area (Å²) in [5.74, 6) is 1.71. The fraction of sp³-hybridized carbons (Fsp3) is 0.130. The van der Waals surface area contributed by atoms with E-state index >= 15 is 0 Å². The van der Waals surface area contributed by atoms with Crippen molar-refractivity contribution in [2.24, 2.45) is 0 Å². The van der Waals surface area contributed by atoms with Gasteiger partial charge >= 0.3 is 0 Å². The molecule has 0 atom stereocenters. The summed E-state index contributed by atoms with van der Waals surface area (Å²) in [5, 5.41) is 7.66. The monoisotopic (exact) mass is 415 g/mol. The summed E-state index contributed by atoms with van der Waals surface area (Å²) in [4.78, 5) is 21.9. The topological polar surface area (TPSA) is 91.2 Å². The normalized spacial score (nSPS) is 10.5. The van der Waals surface area contributed by atoms with Gasteiger partial charge in [0.05, 0.1) is 14.2 Å².